The van der Waals surface area contributed by atoms with E-state index in [0.717, 1.165) is 26.1 Å². The molecule has 1 aliphatic heterocycles. The molecule has 0 amide bonds. The lowest BCUT2D eigenvalue weighted by Crippen LogP contribution is -2.38. The van der Waals surface area contributed by atoms with Gasteiger partial charge < -0.3 is 20.3 Å². The Morgan fingerprint density at radius 1 is 1.28 bits per heavy atom. The highest BCUT2D eigenvalue weighted by Crippen LogP contribution is 2.15. The number of rotatable bonds is 4. The molecular weight excluding hydrogens is 232 g/mol. The Bertz CT molecular complexity index is 393. The van der Waals surface area contributed by atoms with E-state index in [1.165, 1.54) is 0 Å². The molecule has 0 spiro atoms. The monoisotopic (exact) mass is 252 g/mol. The molecule has 0 bridgehead atoms. The highest BCUT2D eigenvalue weighted by molar-refractivity contribution is 5.43. The van der Waals surface area contributed by atoms with Gasteiger partial charge in [-0.25, -0.2) is 0 Å². The smallest absolute Gasteiger partial charge is 0.232 e. The summed E-state index contributed by atoms with van der Waals surface area (Å²) >= 11 is 0. The Labute approximate surface area is 107 Å². The van der Waals surface area contributed by atoms with Gasteiger partial charge in [0.05, 0.1) is 13.2 Å². The summed E-state index contributed by atoms with van der Waals surface area (Å²) in [5.41, 5.74) is 5.75. The van der Waals surface area contributed by atoms with Gasteiger partial charge in [0.15, 0.2) is 0 Å². The largest absolute Gasteiger partial charge is 0.378 e. The minimum atomic E-state index is 0.268. The topological polar surface area (TPSA) is 80.4 Å². The molecule has 0 aliphatic carbocycles. The maximum absolute atomic E-state index is 5.75. The standard InChI is InChI=1S/C11H20N6O/c1-3-4-16(2)10-13-9(12)14-11(15-10)17-5-7-18-8-6-17/h3-8H2,1-2H3,(H2,12,13,14,15). The van der Waals surface area contributed by atoms with Gasteiger partial charge in [0, 0.05) is 26.7 Å². The van der Waals surface area contributed by atoms with Crippen molar-refractivity contribution in [2.75, 3.05) is 55.4 Å². The third-order valence-corrected chi connectivity index (χ3v) is 2.82. The van der Waals surface area contributed by atoms with Crippen molar-refractivity contribution in [2.45, 2.75) is 13.3 Å². The molecule has 7 nitrogen and oxygen atoms in total. The average molecular weight is 252 g/mol. The minimum absolute atomic E-state index is 0.268. The third-order valence-electron chi connectivity index (χ3n) is 2.82. The summed E-state index contributed by atoms with van der Waals surface area (Å²) in [6.45, 7) is 5.99. The van der Waals surface area contributed by atoms with Gasteiger partial charge in [-0.15, -0.1) is 0 Å². The lowest BCUT2D eigenvalue weighted by atomic mass is 10.4. The van der Waals surface area contributed by atoms with Crippen molar-refractivity contribution in [3.8, 4) is 0 Å². The molecule has 7 heteroatoms. The van der Waals surface area contributed by atoms with Gasteiger partial charge in [0.25, 0.3) is 0 Å². The first kappa shape index (κ1) is 12.8. The van der Waals surface area contributed by atoms with E-state index in [4.69, 9.17) is 10.5 Å². The van der Waals surface area contributed by atoms with Gasteiger partial charge in [-0.2, -0.15) is 15.0 Å². The minimum Gasteiger partial charge on any atom is -0.378 e. The van der Waals surface area contributed by atoms with Crippen molar-refractivity contribution in [3.63, 3.8) is 0 Å². The summed E-state index contributed by atoms with van der Waals surface area (Å²) < 4.78 is 5.31. The predicted octanol–water partition coefficient (Wildman–Crippen LogP) is 0.137. The molecule has 2 rings (SSSR count). The van der Waals surface area contributed by atoms with E-state index in [0.29, 0.717) is 25.1 Å². The van der Waals surface area contributed by atoms with E-state index in [9.17, 15) is 0 Å². The van der Waals surface area contributed by atoms with E-state index in [-0.39, 0.29) is 5.95 Å². The molecular formula is C11H20N6O. The SMILES string of the molecule is CCCN(C)c1nc(N)nc(N2CCOCC2)n1. The molecule has 0 atom stereocenters. The second kappa shape index (κ2) is 5.81. The fraction of sp³-hybridized carbons (Fsp3) is 0.727. The van der Waals surface area contributed by atoms with Crippen LogP contribution in [0.4, 0.5) is 17.8 Å². The van der Waals surface area contributed by atoms with Crippen molar-refractivity contribution in [2.24, 2.45) is 0 Å². The van der Waals surface area contributed by atoms with Gasteiger partial charge in [-0.05, 0) is 6.42 Å². The molecule has 18 heavy (non-hydrogen) atoms. The van der Waals surface area contributed by atoms with Crippen LogP contribution in [-0.2, 0) is 4.74 Å². The van der Waals surface area contributed by atoms with Crippen molar-refractivity contribution in [1.29, 1.82) is 0 Å². The van der Waals surface area contributed by atoms with Gasteiger partial charge in [0.2, 0.25) is 17.8 Å². The number of nitrogen functional groups attached to an aromatic ring is 1. The zero-order valence-corrected chi connectivity index (χ0v) is 11.0. The average Bonchev–Trinajstić information content (AvgIpc) is 2.39. The zero-order valence-electron chi connectivity index (χ0n) is 11.0. The van der Waals surface area contributed by atoms with Gasteiger partial charge in [-0.1, -0.05) is 6.92 Å². The second-order valence-electron chi connectivity index (χ2n) is 4.31. The van der Waals surface area contributed by atoms with Crippen LogP contribution in [0.1, 0.15) is 13.3 Å². The summed E-state index contributed by atoms with van der Waals surface area (Å²) in [6, 6.07) is 0. The molecule has 2 heterocycles. The van der Waals surface area contributed by atoms with E-state index in [1.807, 2.05) is 11.9 Å². The quantitative estimate of drug-likeness (QED) is 0.816. The molecule has 0 radical (unpaired) electrons. The number of morpholine rings is 1. The van der Waals surface area contributed by atoms with Crippen molar-refractivity contribution in [3.05, 3.63) is 0 Å². The molecule has 1 fully saturated rings. The number of anilines is 3. The second-order valence-corrected chi connectivity index (χ2v) is 4.31. The molecule has 0 aromatic carbocycles. The maximum atomic E-state index is 5.75. The summed E-state index contributed by atoms with van der Waals surface area (Å²) in [7, 11) is 1.96. The molecule has 1 aromatic heterocycles. The van der Waals surface area contributed by atoms with E-state index in [2.05, 4.69) is 26.8 Å². The number of hydrogen-bond acceptors (Lipinski definition) is 7. The maximum Gasteiger partial charge on any atom is 0.232 e. The Kier molecular flexibility index (Phi) is 4.14. The van der Waals surface area contributed by atoms with Gasteiger partial charge >= 0.3 is 0 Å². The molecule has 1 aromatic rings. The Hall–Kier alpha value is -1.63. The number of ether oxygens (including phenoxy) is 1. The summed E-state index contributed by atoms with van der Waals surface area (Å²) in [5, 5.41) is 0. The first-order chi connectivity index (χ1) is 8.70. The van der Waals surface area contributed by atoms with Crippen LogP contribution < -0.4 is 15.5 Å². The van der Waals surface area contributed by atoms with Crippen LogP contribution in [0, 0.1) is 0 Å². The number of nitrogens with two attached hydrogens (primary N) is 1. The third kappa shape index (κ3) is 2.98. The fourth-order valence-electron chi connectivity index (χ4n) is 1.88. The first-order valence-electron chi connectivity index (χ1n) is 6.26. The fourth-order valence-corrected chi connectivity index (χ4v) is 1.88. The van der Waals surface area contributed by atoms with E-state index in [1.54, 1.807) is 0 Å². The lowest BCUT2D eigenvalue weighted by Gasteiger charge is -2.27. The van der Waals surface area contributed by atoms with Crippen molar-refractivity contribution < 1.29 is 4.74 Å². The van der Waals surface area contributed by atoms with E-state index < -0.39 is 0 Å². The van der Waals surface area contributed by atoms with E-state index >= 15 is 0 Å². The number of hydrogen-bond donors (Lipinski definition) is 1. The van der Waals surface area contributed by atoms with Crippen LogP contribution in [0.3, 0.4) is 0 Å². The van der Waals surface area contributed by atoms with Crippen molar-refractivity contribution >= 4 is 17.8 Å². The normalized spacial score (nSPS) is 15.8. The van der Waals surface area contributed by atoms with Crippen LogP contribution in [0.2, 0.25) is 0 Å². The Balaban J connectivity index is 2.19. The van der Waals surface area contributed by atoms with Crippen LogP contribution in [0.15, 0.2) is 0 Å². The van der Waals surface area contributed by atoms with Crippen molar-refractivity contribution in [1.82, 2.24) is 15.0 Å². The molecule has 0 saturated carbocycles. The molecule has 1 saturated heterocycles. The molecule has 2 N–H and O–H groups in total. The first-order valence-corrected chi connectivity index (χ1v) is 6.26. The van der Waals surface area contributed by atoms with Gasteiger partial charge in [-0.3, -0.25) is 0 Å². The Morgan fingerprint density at radius 2 is 2.00 bits per heavy atom. The zero-order chi connectivity index (χ0) is 13.0. The highest BCUT2D eigenvalue weighted by atomic mass is 16.5. The molecule has 0 unspecified atom stereocenters. The molecule has 100 valence electrons. The highest BCUT2D eigenvalue weighted by Gasteiger charge is 2.16. The van der Waals surface area contributed by atoms with Crippen LogP contribution in [0.25, 0.3) is 0 Å². The van der Waals surface area contributed by atoms with Gasteiger partial charge in [0.1, 0.15) is 0 Å². The number of aromatic nitrogens is 3. The summed E-state index contributed by atoms with van der Waals surface area (Å²) in [6.07, 6.45) is 1.04. The Morgan fingerprint density at radius 3 is 2.67 bits per heavy atom. The number of nitrogens with zero attached hydrogens (tertiary/aromatic N) is 5. The van der Waals surface area contributed by atoms with Crippen LogP contribution in [0.5, 0.6) is 0 Å². The van der Waals surface area contributed by atoms with Crippen LogP contribution in [-0.4, -0.2) is 54.8 Å². The van der Waals surface area contributed by atoms with Crippen LogP contribution >= 0.6 is 0 Å². The molecule has 1 aliphatic rings. The summed E-state index contributed by atoms with van der Waals surface area (Å²) in [5.74, 6) is 1.54. The lowest BCUT2D eigenvalue weighted by molar-refractivity contribution is 0.122. The predicted molar refractivity (Wildman–Crippen MR) is 70.8 cm³/mol. The summed E-state index contributed by atoms with van der Waals surface area (Å²) in [4.78, 5) is 16.9.